The normalized spacial score (nSPS) is 10.7. The number of fused-ring (bicyclic) bond motifs is 1. The van der Waals surface area contributed by atoms with E-state index in [4.69, 9.17) is 19.6 Å². The fourth-order valence-electron chi connectivity index (χ4n) is 3.62. The number of nitrogens with two attached hydrogens (primary N) is 1. The predicted molar refractivity (Wildman–Crippen MR) is 121 cm³/mol. The summed E-state index contributed by atoms with van der Waals surface area (Å²) in [6.07, 6.45) is 1.69. The van der Waals surface area contributed by atoms with Crippen LogP contribution in [0.2, 0.25) is 0 Å². The fraction of sp³-hybridized carbons (Fsp3) is 0.154. The average molecular weight is 426 g/mol. The maximum Gasteiger partial charge on any atom is 0.310 e. The fourth-order valence-corrected chi connectivity index (χ4v) is 3.62. The Morgan fingerprint density at radius 1 is 1.09 bits per heavy atom. The Hall–Kier alpha value is -4.08. The molecule has 0 atom stereocenters. The Morgan fingerprint density at radius 2 is 1.97 bits per heavy atom. The van der Waals surface area contributed by atoms with Crippen LogP contribution in [0.25, 0.3) is 22.1 Å². The zero-order valence-electron chi connectivity index (χ0n) is 17.6. The number of hydrogen-bond acceptors (Lipinski definition) is 6. The van der Waals surface area contributed by atoms with E-state index in [-0.39, 0.29) is 13.0 Å². The zero-order valence-corrected chi connectivity index (χ0v) is 17.6. The molecule has 2 N–H and O–H groups in total. The highest BCUT2D eigenvalue weighted by Gasteiger charge is 2.13. The quantitative estimate of drug-likeness (QED) is 0.429. The molecule has 0 aliphatic heterocycles. The summed E-state index contributed by atoms with van der Waals surface area (Å²) >= 11 is 0. The van der Waals surface area contributed by atoms with Gasteiger partial charge in [-0.05, 0) is 59.2 Å². The molecule has 160 valence electrons. The van der Waals surface area contributed by atoms with Crippen LogP contribution in [0.5, 0.6) is 5.75 Å². The topological polar surface area (TPSA) is 98.5 Å². The van der Waals surface area contributed by atoms with Gasteiger partial charge in [-0.15, -0.1) is 0 Å². The highest BCUT2D eigenvalue weighted by atomic mass is 16.5. The summed E-state index contributed by atoms with van der Waals surface area (Å²) in [5.41, 5.74) is 11.6. The Labute approximate surface area is 185 Å². The summed E-state index contributed by atoms with van der Waals surface area (Å²) in [4.78, 5) is 11.8. The van der Waals surface area contributed by atoms with Crippen molar-refractivity contribution in [3.8, 4) is 22.9 Å². The summed E-state index contributed by atoms with van der Waals surface area (Å²) in [6.45, 7) is 0.740. The molecule has 0 saturated heterocycles. The van der Waals surface area contributed by atoms with Gasteiger partial charge in [-0.1, -0.05) is 18.2 Å². The SMILES string of the molecule is COC(=O)Cc1cc(C#N)ccc1OCc1cc(-c2cccc(CN)c2)c2occc2c1. The van der Waals surface area contributed by atoms with E-state index in [1.54, 1.807) is 24.5 Å². The molecule has 0 bridgehead atoms. The number of hydrogen-bond donors (Lipinski definition) is 1. The van der Waals surface area contributed by atoms with Crippen molar-refractivity contribution in [2.24, 2.45) is 5.73 Å². The third-order valence-corrected chi connectivity index (χ3v) is 5.23. The standard InChI is InChI=1S/C26H22N2O4/c1-30-25(29)13-22-10-18(15-28)5-6-24(22)32-16-19-11-21-7-8-31-26(21)23(12-19)20-4-2-3-17(9-20)14-27/h2-12H,13-14,16,27H2,1H3. The van der Waals surface area contributed by atoms with Crippen molar-refractivity contribution in [2.75, 3.05) is 7.11 Å². The largest absolute Gasteiger partial charge is 0.489 e. The summed E-state index contributed by atoms with van der Waals surface area (Å²) in [6, 6.07) is 21.1. The number of esters is 1. The molecule has 3 aromatic carbocycles. The van der Waals surface area contributed by atoms with Crippen LogP contribution in [-0.4, -0.2) is 13.1 Å². The van der Waals surface area contributed by atoms with Crippen molar-refractivity contribution in [3.63, 3.8) is 0 Å². The number of rotatable bonds is 7. The summed E-state index contributed by atoms with van der Waals surface area (Å²) in [5, 5.41) is 10.2. The van der Waals surface area contributed by atoms with Crippen LogP contribution >= 0.6 is 0 Å². The molecule has 0 radical (unpaired) electrons. The number of nitriles is 1. The molecule has 0 aliphatic carbocycles. The third kappa shape index (κ3) is 4.48. The van der Waals surface area contributed by atoms with E-state index in [1.165, 1.54) is 7.11 Å². The van der Waals surface area contributed by atoms with Crippen LogP contribution in [-0.2, 0) is 29.1 Å². The minimum atomic E-state index is -0.396. The van der Waals surface area contributed by atoms with E-state index in [2.05, 4.69) is 12.1 Å². The molecule has 1 aromatic heterocycles. The van der Waals surface area contributed by atoms with Crippen molar-refractivity contribution in [1.29, 1.82) is 5.26 Å². The van der Waals surface area contributed by atoms with Gasteiger partial charge >= 0.3 is 5.97 Å². The van der Waals surface area contributed by atoms with Gasteiger partial charge in [0.1, 0.15) is 17.9 Å². The van der Waals surface area contributed by atoms with E-state index in [9.17, 15) is 10.1 Å². The van der Waals surface area contributed by atoms with Gasteiger partial charge in [0.15, 0.2) is 0 Å². The van der Waals surface area contributed by atoms with Crippen LogP contribution in [0, 0.1) is 11.3 Å². The molecule has 32 heavy (non-hydrogen) atoms. The lowest BCUT2D eigenvalue weighted by molar-refractivity contribution is -0.139. The van der Waals surface area contributed by atoms with Gasteiger partial charge in [0.05, 0.1) is 31.4 Å². The van der Waals surface area contributed by atoms with Crippen molar-refractivity contribution in [3.05, 3.63) is 89.2 Å². The second-order valence-electron chi connectivity index (χ2n) is 7.36. The maximum absolute atomic E-state index is 11.8. The van der Waals surface area contributed by atoms with Gasteiger partial charge in [-0.25, -0.2) is 0 Å². The highest BCUT2D eigenvalue weighted by Crippen LogP contribution is 2.32. The molecular weight excluding hydrogens is 404 g/mol. The lowest BCUT2D eigenvalue weighted by Crippen LogP contribution is -2.07. The van der Waals surface area contributed by atoms with Crippen LogP contribution in [0.15, 0.2) is 71.3 Å². The first-order valence-corrected chi connectivity index (χ1v) is 10.1. The molecule has 0 amide bonds. The molecule has 0 fully saturated rings. The molecule has 4 rings (SSSR count). The third-order valence-electron chi connectivity index (χ3n) is 5.23. The van der Waals surface area contributed by atoms with Crippen LogP contribution < -0.4 is 10.5 Å². The van der Waals surface area contributed by atoms with Crippen LogP contribution in [0.4, 0.5) is 0 Å². The van der Waals surface area contributed by atoms with E-state index in [1.807, 2.05) is 36.4 Å². The second kappa shape index (κ2) is 9.38. The Balaban J connectivity index is 1.66. The highest BCUT2D eigenvalue weighted by molar-refractivity contribution is 5.93. The summed E-state index contributed by atoms with van der Waals surface area (Å²) in [5.74, 6) is 0.139. The van der Waals surface area contributed by atoms with Crippen molar-refractivity contribution < 1.29 is 18.7 Å². The smallest absolute Gasteiger partial charge is 0.310 e. The van der Waals surface area contributed by atoms with Gasteiger partial charge in [0, 0.05) is 23.1 Å². The van der Waals surface area contributed by atoms with Gasteiger partial charge in [0.2, 0.25) is 0 Å². The summed E-state index contributed by atoms with van der Waals surface area (Å²) < 4.78 is 16.6. The van der Waals surface area contributed by atoms with Gasteiger partial charge in [-0.3, -0.25) is 4.79 Å². The first kappa shape index (κ1) is 21.2. The molecule has 0 spiro atoms. The number of methoxy groups -OCH3 is 1. The van der Waals surface area contributed by atoms with Crippen LogP contribution in [0.3, 0.4) is 0 Å². The van der Waals surface area contributed by atoms with E-state index >= 15 is 0 Å². The Morgan fingerprint density at radius 3 is 2.75 bits per heavy atom. The van der Waals surface area contributed by atoms with Crippen molar-refractivity contribution in [2.45, 2.75) is 19.6 Å². The second-order valence-corrected chi connectivity index (χ2v) is 7.36. The Bertz CT molecular complexity index is 1320. The lowest BCUT2D eigenvalue weighted by atomic mass is 9.99. The van der Waals surface area contributed by atoms with Gasteiger partial charge < -0.3 is 19.6 Å². The first-order valence-electron chi connectivity index (χ1n) is 10.1. The number of ether oxygens (including phenoxy) is 2. The van der Waals surface area contributed by atoms with Gasteiger partial charge in [0.25, 0.3) is 0 Å². The van der Waals surface area contributed by atoms with Crippen molar-refractivity contribution >= 4 is 16.9 Å². The maximum atomic E-state index is 11.8. The zero-order chi connectivity index (χ0) is 22.5. The molecule has 1 heterocycles. The first-order chi connectivity index (χ1) is 15.6. The molecule has 0 unspecified atom stereocenters. The van der Waals surface area contributed by atoms with E-state index in [0.29, 0.717) is 23.4 Å². The van der Waals surface area contributed by atoms with Crippen molar-refractivity contribution in [1.82, 2.24) is 0 Å². The molecule has 6 heteroatoms. The minimum Gasteiger partial charge on any atom is -0.489 e. The van der Waals surface area contributed by atoms with Crippen LogP contribution in [0.1, 0.15) is 22.3 Å². The Kier molecular flexibility index (Phi) is 6.20. The number of nitrogens with zero attached hydrogens (tertiary/aromatic N) is 1. The monoisotopic (exact) mass is 426 g/mol. The predicted octanol–water partition coefficient (Wildman–Crippen LogP) is 4.72. The molecule has 4 aromatic rings. The molecule has 6 nitrogen and oxygen atoms in total. The number of carbonyl (C=O) groups excluding carboxylic acids is 1. The summed E-state index contributed by atoms with van der Waals surface area (Å²) in [7, 11) is 1.33. The molecule has 0 aliphatic rings. The van der Waals surface area contributed by atoms with Gasteiger partial charge in [-0.2, -0.15) is 5.26 Å². The minimum absolute atomic E-state index is 0.0270. The number of carbonyl (C=O) groups is 1. The van der Waals surface area contributed by atoms with E-state index < -0.39 is 5.97 Å². The van der Waals surface area contributed by atoms with E-state index in [0.717, 1.165) is 33.2 Å². The molecular formula is C26H22N2O4. The average Bonchev–Trinajstić information content (AvgIpc) is 3.31. The number of benzene rings is 3. The lowest BCUT2D eigenvalue weighted by Gasteiger charge is -2.13. The molecule has 0 saturated carbocycles. The number of furan rings is 1.